The van der Waals surface area contributed by atoms with Crippen molar-refractivity contribution in [2.45, 2.75) is 13.5 Å². The lowest BCUT2D eigenvalue weighted by molar-refractivity contribution is 0.416. The number of aryl methyl sites for hydroxylation is 1. The number of rotatable bonds is 4. The zero-order chi connectivity index (χ0) is 13.1. The largest absolute Gasteiger partial charge is 0.495 e. The number of halogens is 2. The van der Waals surface area contributed by atoms with Crippen molar-refractivity contribution in [1.82, 2.24) is 4.98 Å². The Labute approximate surface area is 115 Å². The van der Waals surface area contributed by atoms with Gasteiger partial charge >= 0.3 is 0 Å². The van der Waals surface area contributed by atoms with Crippen molar-refractivity contribution >= 4 is 28.9 Å². The third-order valence-corrected chi connectivity index (χ3v) is 3.06. The minimum Gasteiger partial charge on any atom is -0.495 e. The molecule has 2 rings (SSSR count). The molecule has 0 saturated carbocycles. The van der Waals surface area contributed by atoms with Gasteiger partial charge in [0.2, 0.25) is 5.89 Å². The molecule has 0 spiro atoms. The number of hydrogen-bond donors (Lipinski definition) is 1. The van der Waals surface area contributed by atoms with Gasteiger partial charge in [-0.25, -0.2) is 4.98 Å². The molecule has 0 amide bonds. The Morgan fingerprint density at radius 2 is 2.06 bits per heavy atom. The molecule has 4 nitrogen and oxygen atoms in total. The summed E-state index contributed by atoms with van der Waals surface area (Å²) in [6, 6.07) is 3.37. The number of nitrogens with one attached hydrogen (secondary N) is 1. The molecular formula is C12H12Cl2N2O2. The number of methoxy groups -OCH3 is 1. The second-order valence-corrected chi connectivity index (χ2v) is 4.50. The number of ether oxygens (including phenoxy) is 1. The molecule has 1 aromatic heterocycles. The number of anilines is 1. The maximum atomic E-state index is 5.96. The first-order valence-corrected chi connectivity index (χ1v) is 6.04. The van der Waals surface area contributed by atoms with Crippen molar-refractivity contribution in [1.29, 1.82) is 0 Å². The molecule has 0 unspecified atom stereocenters. The standard InChI is InChI=1S/C12H12Cl2N2O2/c1-7-5-16-12(18-7)6-15-10-3-8(13)9(14)4-11(10)17-2/h3-5,15H,6H2,1-2H3. The second-order valence-electron chi connectivity index (χ2n) is 3.68. The van der Waals surface area contributed by atoms with Crippen molar-refractivity contribution in [2.75, 3.05) is 12.4 Å². The second kappa shape index (κ2) is 5.50. The van der Waals surface area contributed by atoms with Crippen molar-refractivity contribution < 1.29 is 9.15 Å². The molecule has 0 saturated heterocycles. The van der Waals surface area contributed by atoms with Crippen LogP contribution in [-0.2, 0) is 6.54 Å². The Morgan fingerprint density at radius 3 is 2.67 bits per heavy atom. The van der Waals surface area contributed by atoms with E-state index in [0.717, 1.165) is 11.4 Å². The molecule has 0 aliphatic heterocycles. The third-order valence-electron chi connectivity index (χ3n) is 2.34. The third kappa shape index (κ3) is 2.89. The number of benzene rings is 1. The van der Waals surface area contributed by atoms with E-state index in [1.807, 2.05) is 6.92 Å². The van der Waals surface area contributed by atoms with Crippen LogP contribution in [0.1, 0.15) is 11.7 Å². The molecule has 2 aromatic rings. The fraction of sp³-hybridized carbons (Fsp3) is 0.250. The van der Waals surface area contributed by atoms with Gasteiger partial charge in [0, 0.05) is 6.07 Å². The molecule has 6 heteroatoms. The highest BCUT2D eigenvalue weighted by molar-refractivity contribution is 6.42. The number of hydrogen-bond acceptors (Lipinski definition) is 4. The SMILES string of the molecule is COc1cc(Cl)c(Cl)cc1NCc1ncc(C)o1. The lowest BCUT2D eigenvalue weighted by Crippen LogP contribution is -2.01. The maximum Gasteiger partial charge on any atom is 0.213 e. The summed E-state index contributed by atoms with van der Waals surface area (Å²) in [5, 5.41) is 4.05. The molecule has 96 valence electrons. The van der Waals surface area contributed by atoms with Crippen LogP contribution in [0.4, 0.5) is 5.69 Å². The van der Waals surface area contributed by atoms with E-state index in [-0.39, 0.29) is 0 Å². The minimum absolute atomic E-state index is 0.447. The molecule has 0 atom stereocenters. The van der Waals surface area contributed by atoms with Crippen molar-refractivity contribution in [3.05, 3.63) is 40.0 Å². The van der Waals surface area contributed by atoms with E-state index in [9.17, 15) is 0 Å². The number of aromatic nitrogens is 1. The van der Waals surface area contributed by atoms with Gasteiger partial charge in [0.25, 0.3) is 0 Å². The van der Waals surface area contributed by atoms with Gasteiger partial charge in [-0.1, -0.05) is 23.2 Å². The topological polar surface area (TPSA) is 47.3 Å². The Kier molecular flexibility index (Phi) is 3.99. The molecule has 0 bridgehead atoms. The van der Waals surface area contributed by atoms with Crippen molar-refractivity contribution in [2.24, 2.45) is 0 Å². The van der Waals surface area contributed by atoms with E-state index in [0.29, 0.717) is 28.2 Å². The summed E-state index contributed by atoms with van der Waals surface area (Å²) in [7, 11) is 1.57. The van der Waals surface area contributed by atoms with E-state index < -0.39 is 0 Å². The highest BCUT2D eigenvalue weighted by Crippen LogP contribution is 2.34. The molecule has 0 fully saturated rings. The predicted octanol–water partition coefficient (Wildman–Crippen LogP) is 3.91. The Morgan fingerprint density at radius 1 is 1.33 bits per heavy atom. The first-order chi connectivity index (χ1) is 8.60. The average molecular weight is 287 g/mol. The molecule has 0 aliphatic rings. The fourth-order valence-electron chi connectivity index (χ4n) is 1.49. The van der Waals surface area contributed by atoms with Gasteiger partial charge in [0.05, 0.1) is 35.6 Å². The van der Waals surface area contributed by atoms with E-state index in [2.05, 4.69) is 10.3 Å². The lowest BCUT2D eigenvalue weighted by atomic mass is 10.3. The van der Waals surface area contributed by atoms with Crippen LogP contribution in [-0.4, -0.2) is 12.1 Å². The van der Waals surface area contributed by atoms with E-state index >= 15 is 0 Å². The number of nitrogens with zero attached hydrogens (tertiary/aromatic N) is 1. The van der Waals surface area contributed by atoms with Gasteiger partial charge in [-0.3, -0.25) is 0 Å². The van der Waals surface area contributed by atoms with Crippen LogP contribution in [0.3, 0.4) is 0 Å². The van der Waals surface area contributed by atoms with Crippen LogP contribution in [0.15, 0.2) is 22.7 Å². The first-order valence-electron chi connectivity index (χ1n) is 5.28. The lowest BCUT2D eigenvalue weighted by Gasteiger charge is -2.11. The number of oxazole rings is 1. The van der Waals surface area contributed by atoms with Crippen LogP contribution in [0.5, 0.6) is 5.75 Å². The Balaban J connectivity index is 2.15. The summed E-state index contributed by atoms with van der Waals surface area (Å²) in [5.41, 5.74) is 0.739. The molecule has 1 aromatic carbocycles. The van der Waals surface area contributed by atoms with Gasteiger partial charge in [0.1, 0.15) is 11.5 Å². The van der Waals surface area contributed by atoms with Gasteiger partial charge in [0.15, 0.2) is 0 Å². The summed E-state index contributed by atoms with van der Waals surface area (Å²) in [5.74, 6) is 1.99. The Hall–Kier alpha value is -1.39. The highest BCUT2D eigenvalue weighted by atomic mass is 35.5. The molecule has 1 heterocycles. The maximum absolute atomic E-state index is 5.96. The van der Waals surface area contributed by atoms with E-state index in [4.69, 9.17) is 32.4 Å². The summed E-state index contributed by atoms with van der Waals surface area (Å²) < 4.78 is 10.6. The zero-order valence-corrected chi connectivity index (χ0v) is 11.5. The first kappa shape index (κ1) is 13.1. The zero-order valence-electron chi connectivity index (χ0n) is 9.96. The summed E-state index contributed by atoms with van der Waals surface area (Å²) >= 11 is 11.9. The monoisotopic (exact) mass is 286 g/mol. The smallest absolute Gasteiger partial charge is 0.213 e. The molecule has 0 aliphatic carbocycles. The molecule has 18 heavy (non-hydrogen) atoms. The highest BCUT2D eigenvalue weighted by Gasteiger charge is 2.09. The summed E-state index contributed by atoms with van der Waals surface area (Å²) in [6.07, 6.45) is 1.67. The van der Waals surface area contributed by atoms with E-state index in [1.54, 1.807) is 25.4 Å². The van der Waals surface area contributed by atoms with Gasteiger partial charge in [-0.15, -0.1) is 0 Å². The Bertz CT molecular complexity index is 555. The molecular weight excluding hydrogens is 275 g/mol. The van der Waals surface area contributed by atoms with Gasteiger partial charge in [-0.2, -0.15) is 0 Å². The average Bonchev–Trinajstić information content (AvgIpc) is 2.76. The minimum atomic E-state index is 0.447. The quantitative estimate of drug-likeness (QED) is 0.926. The fourth-order valence-corrected chi connectivity index (χ4v) is 1.81. The van der Waals surface area contributed by atoms with Crippen molar-refractivity contribution in [3.63, 3.8) is 0 Å². The predicted molar refractivity (Wildman–Crippen MR) is 71.6 cm³/mol. The summed E-state index contributed by atoms with van der Waals surface area (Å²) in [4.78, 5) is 4.10. The summed E-state index contributed by atoms with van der Waals surface area (Å²) in [6.45, 7) is 2.29. The normalized spacial score (nSPS) is 10.4. The van der Waals surface area contributed by atoms with Gasteiger partial charge in [-0.05, 0) is 13.0 Å². The van der Waals surface area contributed by atoms with Crippen LogP contribution in [0.2, 0.25) is 10.0 Å². The van der Waals surface area contributed by atoms with Crippen LogP contribution in [0.25, 0.3) is 0 Å². The van der Waals surface area contributed by atoms with E-state index in [1.165, 1.54) is 0 Å². The van der Waals surface area contributed by atoms with Crippen molar-refractivity contribution in [3.8, 4) is 5.75 Å². The molecule has 0 radical (unpaired) electrons. The van der Waals surface area contributed by atoms with Crippen LogP contribution >= 0.6 is 23.2 Å². The van der Waals surface area contributed by atoms with Crippen LogP contribution < -0.4 is 10.1 Å². The molecule has 1 N–H and O–H groups in total. The van der Waals surface area contributed by atoms with Crippen LogP contribution in [0, 0.1) is 6.92 Å². The van der Waals surface area contributed by atoms with Gasteiger partial charge < -0.3 is 14.5 Å².